The molecule has 1 N–H and O–H groups in total. The molecule has 6 heteroatoms. The van der Waals surface area contributed by atoms with Gasteiger partial charge in [0.25, 0.3) is 5.91 Å². The van der Waals surface area contributed by atoms with Gasteiger partial charge in [-0.3, -0.25) is 9.69 Å². The minimum Gasteiger partial charge on any atom is -0.391 e. The molecule has 0 aliphatic carbocycles. The Morgan fingerprint density at radius 3 is 2.43 bits per heavy atom. The van der Waals surface area contributed by atoms with Crippen molar-refractivity contribution in [3.8, 4) is 0 Å². The number of carbonyl (C=O) groups is 1. The van der Waals surface area contributed by atoms with Crippen LogP contribution in [0.3, 0.4) is 0 Å². The molecule has 1 aromatic rings. The molecule has 0 radical (unpaired) electrons. The van der Waals surface area contributed by atoms with E-state index in [0.717, 1.165) is 13.1 Å². The lowest BCUT2D eigenvalue weighted by atomic mass is 9.89. The quantitative estimate of drug-likeness (QED) is 0.926. The van der Waals surface area contributed by atoms with Crippen LogP contribution in [0.4, 0.5) is 0 Å². The Hall–Kier alpha value is -0.620. The fraction of sp³-hybridized carbons (Fsp3) is 0.667. The first-order valence-corrected chi connectivity index (χ1v) is 8.42. The molecule has 0 saturated carbocycles. The molecule has 0 bridgehead atoms. The van der Waals surface area contributed by atoms with Crippen molar-refractivity contribution in [2.75, 3.05) is 32.7 Å². The van der Waals surface area contributed by atoms with Crippen molar-refractivity contribution >= 4 is 28.8 Å². The van der Waals surface area contributed by atoms with Gasteiger partial charge in [0, 0.05) is 32.7 Å². The standard InChI is InChI=1S/C15H23ClN2O2S/c1-15(2,3)12(19)10-17-6-8-18(9-7-17)14(20)11-4-5-13(16)21-11/h4-5,12,19H,6-10H2,1-3H3/t12-/m1/s1. The van der Waals surface area contributed by atoms with E-state index in [4.69, 9.17) is 11.6 Å². The molecule has 1 fully saturated rings. The number of aliphatic hydroxyl groups excluding tert-OH is 1. The molecule has 1 aliphatic rings. The molecular formula is C15H23ClN2O2S. The smallest absolute Gasteiger partial charge is 0.264 e. The first-order valence-electron chi connectivity index (χ1n) is 7.22. The maximum absolute atomic E-state index is 12.3. The molecule has 0 unspecified atom stereocenters. The van der Waals surface area contributed by atoms with Crippen LogP contribution in [0.5, 0.6) is 0 Å². The Kier molecular flexibility index (Phi) is 5.30. The highest BCUT2D eigenvalue weighted by Gasteiger charge is 2.28. The number of halogens is 1. The van der Waals surface area contributed by atoms with Gasteiger partial charge in [0.2, 0.25) is 0 Å². The lowest BCUT2D eigenvalue weighted by Gasteiger charge is -2.37. The van der Waals surface area contributed by atoms with Crippen LogP contribution in [0.1, 0.15) is 30.4 Å². The van der Waals surface area contributed by atoms with Crippen molar-refractivity contribution in [2.45, 2.75) is 26.9 Å². The monoisotopic (exact) mass is 330 g/mol. The van der Waals surface area contributed by atoms with E-state index in [1.54, 1.807) is 12.1 Å². The van der Waals surface area contributed by atoms with Crippen LogP contribution < -0.4 is 0 Å². The number of hydrogen-bond acceptors (Lipinski definition) is 4. The average molecular weight is 331 g/mol. The zero-order valence-corrected chi connectivity index (χ0v) is 14.4. The van der Waals surface area contributed by atoms with Gasteiger partial charge in [0.15, 0.2) is 0 Å². The number of nitrogens with zero attached hydrogens (tertiary/aromatic N) is 2. The fourth-order valence-corrected chi connectivity index (χ4v) is 3.25. The average Bonchev–Trinajstić information content (AvgIpc) is 2.84. The van der Waals surface area contributed by atoms with Gasteiger partial charge in [-0.1, -0.05) is 32.4 Å². The molecule has 1 aromatic heterocycles. The summed E-state index contributed by atoms with van der Waals surface area (Å²) >= 11 is 7.20. The second-order valence-electron chi connectivity index (χ2n) is 6.58. The van der Waals surface area contributed by atoms with E-state index >= 15 is 0 Å². The van der Waals surface area contributed by atoms with Crippen LogP contribution in [0.15, 0.2) is 12.1 Å². The minimum atomic E-state index is -0.351. The van der Waals surface area contributed by atoms with Crippen LogP contribution in [-0.4, -0.2) is 59.6 Å². The van der Waals surface area contributed by atoms with E-state index in [1.807, 2.05) is 25.7 Å². The van der Waals surface area contributed by atoms with Crippen molar-refractivity contribution in [2.24, 2.45) is 5.41 Å². The number of β-amino-alcohol motifs (C(OH)–C–C–N with tert-alkyl or cyclic N) is 1. The second kappa shape index (κ2) is 6.65. The lowest BCUT2D eigenvalue weighted by molar-refractivity contribution is 0.0137. The van der Waals surface area contributed by atoms with E-state index in [2.05, 4.69) is 4.90 Å². The maximum atomic E-state index is 12.3. The van der Waals surface area contributed by atoms with E-state index in [1.165, 1.54) is 11.3 Å². The summed E-state index contributed by atoms with van der Waals surface area (Å²) in [6.45, 7) is 9.79. The molecule has 1 amide bonds. The maximum Gasteiger partial charge on any atom is 0.264 e. The van der Waals surface area contributed by atoms with Crippen molar-refractivity contribution in [1.29, 1.82) is 0 Å². The Labute approximate surface area is 135 Å². The fourth-order valence-electron chi connectivity index (χ4n) is 2.24. The summed E-state index contributed by atoms with van der Waals surface area (Å²) < 4.78 is 0.644. The van der Waals surface area contributed by atoms with Crippen LogP contribution >= 0.6 is 22.9 Å². The van der Waals surface area contributed by atoms with Crippen LogP contribution in [0.25, 0.3) is 0 Å². The Morgan fingerprint density at radius 1 is 1.33 bits per heavy atom. The summed E-state index contributed by atoms with van der Waals surface area (Å²) in [4.78, 5) is 17.1. The Bertz CT molecular complexity index is 490. The lowest BCUT2D eigenvalue weighted by Crippen LogP contribution is -2.51. The van der Waals surface area contributed by atoms with Gasteiger partial charge in [-0.05, 0) is 17.5 Å². The highest BCUT2D eigenvalue weighted by atomic mass is 35.5. The highest BCUT2D eigenvalue weighted by Crippen LogP contribution is 2.24. The molecule has 1 saturated heterocycles. The van der Waals surface area contributed by atoms with Gasteiger partial charge in [0.1, 0.15) is 0 Å². The summed E-state index contributed by atoms with van der Waals surface area (Å²) in [7, 11) is 0. The first kappa shape index (κ1) is 16.7. The molecule has 0 spiro atoms. The van der Waals surface area contributed by atoms with Gasteiger partial charge >= 0.3 is 0 Å². The summed E-state index contributed by atoms with van der Waals surface area (Å²) in [5.74, 6) is 0.0583. The van der Waals surface area contributed by atoms with Crippen molar-refractivity contribution in [3.05, 3.63) is 21.3 Å². The molecular weight excluding hydrogens is 308 g/mol. The summed E-state index contributed by atoms with van der Waals surface area (Å²) in [6.07, 6.45) is -0.351. The molecule has 4 nitrogen and oxygen atoms in total. The normalized spacial score (nSPS) is 18.8. The number of hydrogen-bond donors (Lipinski definition) is 1. The first-order chi connectivity index (χ1) is 9.77. The zero-order chi connectivity index (χ0) is 15.6. The van der Waals surface area contributed by atoms with Crippen molar-refractivity contribution in [1.82, 2.24) is 9.80 Å². The van der Waals surface area contributed by atoms with Gasteiger partial charge in [-0.15, -0.1) is 11.3 Å². The number of amides is 1. The van der Waals surface area contributed by atoms with E-state index in [-0.39, 0.29) is 17.4 Å². The third-order valence-corrected chi connectivity index (χ3v) is 5.09. The van der Waals surface area contributed by atoms with Gasteiger partial charge in [-0.2, -0.15) is 0 Å². The number of aliphatic hydroxyl groups is 1. The van der Waals surface area contributed by atoms with Gasteiger partial charge < -0.3 is 10.0 Å². The van der Waals surface area contributed by atoms with Gasteiger partial charge in [0.05, 0.1) is 15.3 Å². The van der Waals surface area contributed by atoms with Crippen molar-refractivity contribution in [3.63, 3.8) is 0 Å². The van der Waals surface area contributed by atoms with Crippen LogP contribution in [-0.2, 0) is 0 Å². The topological polar surface area (TPSA) is 43.8 Å². The number of rotatable bonds is 3. The molecule has 0 aromatic carbocycles. The van der Waals surface area contributed by atoms with Crippen LogP contribution in [0.2, 0.25) is 4.34 Å². The Balaban J connectivity index is 1.84. The highest BCUT2D eigenvalue weighted by molar-refractivity contribution is 7.17. The summed E-state index contributed by atoms with van der Waals surface area (Å²) in [6, 6.07) is 3.54. The predicted molar refractivity (Wildman–Crippen MR) is 87.1 cm³/mol. The van der Waals surface area contributed by atoms with E-state index < -0.39 is 0 Å². The molecule has 2 rings (SSSR count). The van der Waals surface area contributed by atoms with Gasteiger partial charge in [-0.25, -0.2) is 0 Å². The number of piperazine rings is 1. The van der Waals surface area contributed by atoms with E-state index in [9.17, 15) is 9.90 Å². The molecule has 2 heterocycles. The zero-order valence-electron chi connectivity index (χ0n) is 12.8. The number of carbonyl (C=O) groups excluding carboxylic acids is 1. The third kappa shape index (κ3) is 4.42. The predicted octanol–water partition coefficient (Wildman–Crippen LogP) is 2.57. The minimum absolute atomic E-state index is 0.0583. The Morgan fingerprint density at radius 2 is 1.95 bits per heavy atom. The SMILES string of the molecule is CC(C)(C)[C@H](O)CN1CCN(C(=O)c2ccc(Cl)s2)CC1. The summed E-state index contributed by atoms with van der Waals surface area (Å²) in [5.41, 5.74) is -0.110. The largest absolute Gasteiger partial charge is 0.391 e. The molecule has 21 heavy (non-hydrogen) atoms. The van der Waals surface area contributed by atoms with Crippen LogP contribution in [0, 0.1) is 5.41 Å². The van der Waals surface area contributed by atoms with Crippen molar-refractivity contribution < 1.29 is 9.90 Å². The molecule has 1 aliphatic heterocycles. The second-order valence-corrected chi connectivity index (χ2v) is 8.29. The molecule has 118 valence electrons. The third-order valence-electron chi connectivity index (χ3n) is 3.87. The molecule has 1 atom stereocenters. The van der Waals surface area contributed by atoms with E-state index in [0.29, 0.717) is 28.8 Å². The summed E-state index contributed by atoms with van der Waals surface area (Å²) in [5, 5.41) is 10.2. The number of thiophene rings is 1.